The van der Waals surface area contributed by atoms with Crippen LogP contribution in [0.3, 0.4) is 0 Å². The SMILES string of the molecule is O=C(C1CC2CCCCC2N1C(=O)c1ccccc1)N1CCN(S(=O)(=O)c2cccc(F)c2)CC1. The van der Waals surface area contributed by atoms with Gasteiger partial charge in [-0.15, -0.1) is 0 Å². The summed E-state index contributed by atoms with van der Waals surface area (Å²) in [5.74, 6) is -0.497. The first-order valence-electron chi connectivity index (χ1n) is 12.3. The Labute approximate surface area is 205 Å². The summed E-state index contributed by atoms with van der Waals surface area (Å²) in [4.78, 5) is 30.6. The van der Waals surface area contributed by atoms with Crippen molar-refractivity contribution in [1.82, 2.24) is 14.1 Å². The third-order valence-electron chi connectivity index (χ3n) is 7.61. The van der Waals surface area contributed by atoms with Crippen LogP contribution in [0.2, 0.25) is 0 Å². The van der Waals surface area contributed by atoms with E-state index >= 15 is 0 Å². The zero-order valence-electron chi connectivity index (χ0n) is 19.6. The Hall–Kier alpha value is -2.78. The number of nitrogens with zero attached hydrogens (tertiary/aromatic N) is 3. The number of likely N-dealkylation sites (tertiary alicyclic amines) is 1. The summed E-state index contributed by atoms with van der Waals surface area (Å²) < 4.78 is 40.8. The van der Waals surface area contributed by atoms with E-state index in [2.05, 4.69) is 0 Å². The van der Waals surface area contributed by atoms with Crippen molar-refractivity contribution in [3.05, 3.63) is 66.0 Å². The summed E-state index contributed by atoms with van der Waals surface area (Å²) in [6.45, 7) is 0.757. The highest BCUT2D eigenvalue weighted by molar-refractivity contribution is 7.89. The Morgan fingerprint density at radius 3 is 2.31 bits per heavy atom. The van der Waals surface area contributed by atoms with Gasteiger partial charge < -0.3 is 9.80 Å². The quantitative estimate of drug-likeness (QED) is 0.648. The molecular formula is C26H30FN3O4S. The molecule has 0 bridgehead atoms. The normalized spacial score (nSPS) is 25.3. The highest BCUT2D eigenvalue weighted by atomic mass is 32.2. The minimum atomic E-state index is -3.84. The maximum atomic E-state index is 13.7. The summed E-state index contributed by atoms with van der Waals surface area (Å²) >= 11 is 0. The maximum Gasteiger partial charge on any atom is 0.254 e. The van der Waals surface area contributed by atoms with Crippen LogP contribution in [0.15, 0.2) is 59.5 Å². The summed E-state index contributed by atoms with van der Waals surface area (Å²) in [6.07, 6.45) is 4.76. The minimum Gasteiger partial charge on any atom is -0.338 e. The van der Waals surface area contributed by atoms with Gasteiger partial charge >= 0.3 is 0 Å². The molecule has 7 nitrogen and oxygen atoms in total. The molecule has 1 saturated carbocycles. The number of hydrogen-bond donors (Lipinski definition) is 0. The van der Waals surface area contributed by atoms with Crippen molar-refractivity contribution in [2.24, 2.45) is 5.92 Å². The van der Waals surface area contributed by atoms with Crippen molar-refractivity contribution < 1.29 is 22.4 Å². The number of rotatable bonds is 4. The van der Waals surface area contributed by atoms with Crippen molar-refractivity contribution in [2.45, 2.75) is 49.1 Å². The fourth-order valence-electron chi connectivity index (χ4n) is 5.84. The van der Waals surface area contributed by atoms with Gasteiger partial charge in [0.1, 0.15) is 11.9 Å². The van der Waals surface area contributed by atoms with Crippen LogP contribution in [-0.4, -0.2) is 72.6 Å². The third kappa shape index (κ3) is 4.59. The zero-order chi connectivity index (χ0) is 24.6. The molecule has 9 heteroatoms. The van der Waals surface area contributed by atoms with Crippen molar-refractivity contribution >= 4 is 21.8 Å². The molecule has 35 heavy (non-hydrogen) atoms. The van der Waals surface area contributed by atoms with Crippen molar-refractivity contribution in [1.29, 1.82) is 0 Å². The second-order valence-corrected chi connectivity index (χ2v) is 11.6. The number of piperazine rings is 1. The second kappa shape index (κ2) is 9.70. The van der Waals surface area contributed by atoms with Gasteiger partial charge in [-0.2, -0.15) is 4.31 Å². The molecule has 2 heterocycles. The van der Waals surface area contributed by atoms with Crippen LogP contribution in [0, 0.1) is 11.7 Å². The van der Waals surface area contributed by atoms with E-state index < -0.39 is 21.9 Å². The molecule has 3 unspecified atom stereocenters. The summed E-state index contributed by atoms with van der Waals surface area (Å²) in [7, 11) is -3.84. The van der Waals surface area contributed by atoms with Gasteiger partial charge in [-0.1, -0.05) is 37.1 Å². The van der Waals surface area contributed by atoms with Gasteiger partial charge in [0.2, 0.25) is 15.9 Å². The Balaban J connectivity index is 1.31. The third-order valence-corrected chi connectivity index (χ3v) is 9.51. The Bertz CT molecular complexity index is 1200. The lowest BCUT2D eigenvalue weighted by Gasteiger charge is -2.38. The molecule has 2 aromatic carbocycles. The molecule has 2 saturated heterocycles. The van der Waals surface area contributed by atoms with Gasteiger partial charge in [-0.3, -0.25) is 9.59 Å². The molecule has 0 spiro atoms. The lowest BCUT2D eigenvalue weighted by Crippen LogP contribution is -2.56. The van der Waals surface area contributed by atoms with E-state index in [1.165, 1.54) is 22.5 Å². The molecule has 0 N–H and O–H groups in total. The van der Waals surface area contributed by atoms with Crippen LogP contribution in [0.25, 0.3) is 0 Å². The molecule has 3 atom stereocenters. The summed E-state index contributed by atoms with van der Waals surface area (Å²) in [6, 6.07) is 13.6. The average Bonchev–Trinajstić information content (AvgIpc) is 3.28. The first-order valence-corrected chi connectivity index (χ1v) is 13.7. The first kappa shape index (κ1) is 23.9. The van der Waals surface area contributed by atoms with Crippen molar-refractivity contribution in [3.8, 4) is 0 Å². The van der Waals surface area contributed by atoms with E-state index in [9.17, 15) is 22.4 Å². The number of halogens is 1. The molecule has 3 fully saturated rings. The molecule has 2 aliphatic heterocycles. The predicted octanol–water partition coefficient (Wildman–Crippen LogP) is 3.13. The van der Waals surface area contributed by atoms with Crippen LogP contribution in [0.5, 0.6) is 0 Å². The van der Waals surface area contributed by atoms with Gasteiger partial charge in [-0.25, -0.2) is 12.8 Å². The number of benzene rings is 2. The molecule has 1 aliphatic carbocycles. The highest BCUT2D eigenvalue weighted by Crippen LogP contribution is 2.41. The topological polar surface area (TPSA) is 78.0 Å². The smallest absolute Gasteiger partial charge is 0.254 e. The summed E-state index contributed by atoms with van der Waals surface area (Å²) in [5, 5.41) is 0. The van der Waals surface area contributed by atoms with Crippen LogP contribution in [0.4, 0.5) is 4.39 Å². The number of hydrogen-bond acceptors (Lipinski definition) is 4. The number of fused-ring (bicyclic) bond motifs is 1. The fraction of sp³-hybridized carbons (Fsp3) is 0.462. The van der Waals surface area contributed by atoms with Gasteiger partial charge in [0.25, 0.3) is 5.91 Å². The van der Waals surface area contributed by atoms with E-state index in [0.29, 0.717) is 17.9 Å². The van der Waals surface area contributed by atoms with Crippen LogP contribution >= 0.6 is 0 Å². The van der Waals surface area contributed by atoms with Crippen LogP contribution in [0.1, 0.15) is 42.5 Å². The zero-order valence-corrected chi connectivity index (χ0v) is 20.4. The predicted molar refractivity (Wildman–Crippen MR) is 129 cm³/mol. The lowest BCUT2D eigenvalue weighted by atomic mass is 9.84. The fourth-order valence-corrected chi connectivity index (χ4v) is 7.29. The Kier molecular flexibility index (Phi) is 6.63. The minimum absolute atomic E-state index is 0.0695. The van der Waals surface area contributed by atoms with E-state index in [1.54, 1.807) is 17.0 Å². The number of sulfonamides is 1. The molecule has 0 radical (unpaired) electrons. The molecule has 186 valence electrons. The number of carbonyl (C=O) groups is 2. The van der Waals surface area contributed by atoms with Crippen LogP contribution in [-0.2, 0) is 14.8 Å². The highest BCUT2D eigenvalue weighted by Gasteiger charge is 2.49. The second-order valence-electron chi connectivity index (χ2n) is 9.63. The van der Waals surface area contributed by atoms with E-state index in [-0.39, 0.29) is 48.9 Å². The van der Waals surface area contributed by atoms with E-state index in [0.717, 1.165) is 31.7 Å². The van der Waals surface area contributed by atoms with E-state index in [1.807, 2.05) is 23.1 Å². The monoisotopic (exact) mass is 499 g/mol. The molecule has 2 amide bonds. The maximum absolute atomic E-state index is 13.7. The largest absolute Gasteiger partial charge is 0.338 e. The standard InChI is InChI=1S/C26H30FN3O4S/c27-21-10-6-11-22(18-21)35(33,34)29-15-13-28(14-16-29)26(32)24-17-20-9-4-5-12-23(20)30(24)25(31)19-7-2-1-3-8-19/h1-3,6-8,10-11,18,20,23-24H,4-5,9,12-17H2. The van der Waals surface area contributed by atoms with Gasteiger partial charge in [-0.05, 0) is 55.5 Å². The van der Waals surface area contributed by atoms with Gasteiger partial charge in [0.15, 0.2) is 0 Å². The lowest BCUT2D eigenvalue weighted by molar-refractivity contribution is -0.136. The van der Waals surface area contributed by atoms with Crippen molar-refractivity contribution in [2.75, 3.05) is 26.2 Å². The molecule has 2 aromatic rings. The number of amides is 2. The summed E-state index contributed by atoms with van der Waals surface area (Å²) in [5.41, 5.74) is 0.586. The Morgan fingerprint density at radius 1 is 0.886 bits per heavy atom. The molecule has 0 aromatic heterocycles. The molecule has 3 aliphatic rings. The van der Waals surface area contributed by atoms with E-state index in [4.69, 9.17) is 0 Å². The van der Waals surface area contributed by atoms with Crippen LogP contribution < -0.4 is 0 Å². The Morgan fingerprint density at radius 2 is 1.60 bits per heavy atom. The average molecular weight is 500 g/mol. The molecule has 5 rings (SSSR count). The van der Waals surface area contributed by atoms with Gasteiger partial charge in [0.05, 0.1) is 4.90 Å². The molecular weight excluding hydrogens is 469 g/mol. The first-order chi connectivity index (χ1) is 16.9. The number of carbonyl (C=O) groups excluding carboxylic acids is 2. The van der Waals surface area contributed by atoms with Crippen molar-refractivity contribution in [3.63, 3.8) is 0 Å². The van der Waals surface area contributed by atoms with Gasteiger partial charge in [0, 0.05) is 37.8 Å².